The molecule has 0 spiro atoms. The molecule has 96 valence electrons. The Labute approximate surface area is 98.8 Å². The molecule has 1 aromatic carbocycles. The van der Waals surface area contributed by atoms with Crippen molar-refractivity contribution in [3.8, 4) is 5.75 Å². The predicted octanol–water partition coefficient (Wildman–Crippen LogP) is 3.70. The Morgan fingerprint density at radius 1 is 1.18 bits per heavy atom. The van der Waals surface area contributed by atoms with Crippen molar-refractivity contribution in [3.63, 3.8) is 0 Å². The van der Waals surface area contributed by atoms with E-state index in [2.05, 4.69) is 5.32 Å². The third-order valence-corrected chi connectivity index (χ3v) is 1.93. The number of benzene rings is 1. The van der Waals surface area contributed by atoms with Gasteiger partial charge in [-0.05, 0) is 30.2 Å². The largest absolute Gasteiger partial charge is 0.493 e. The standard InChI is InChI=1S/C12H16F3NO/c1-9(2)7-17-11-5-3-10(4-6-11)16-8-12(13,14)15/h3-6,9,16H,7-8H2,1-2H3. The van der Waals surface area contributed by atoms with Gasteiger partial charge in [0.25, 0.3) is 0 Å². The lowest BCUT2D eigenvalue weighted by Crippen LogP contribution is -2.21. The Morgan fingerprint density at radius 3 is 2.24 bits per heavy atom. The Hall–Kier alpha value is -1.39. The lowest BCUT2D eigenvalue weighted by molar-refractivity contribution is -0.115. The Balaban J connectivity index is 2.45. The Kier molecular flexibility index (Phi) is 4.66. The molecule has 0 atom stereocenters. The number of alkyl halides is 3. The van der Waals surface area contributed by atoms with E-state index in [1.807, 2.05) is 13.8 Å². The highest BCUT2D eigenvalue weighted by Gasteiger charge is 2.26. The van der Waals surface area contributed by atoms with E-state index >= 15 is 0 Å². The number of rotatable bonds is 5. The summed E-state index contributed by atoms with van der Waals surface area (Å²) in [5.74, 6) is 1.08. The molecule has 0 unspecified atom stereocenters. The van der Waals surface area contributed by atoms with Crippen LogP contribution in [0.15, 0.2) is 24.3 Å². The number of hydrogen-bond donors (Lipinski definition) is 1. The van der Waals surface area contributed by atoms with E-state index in [4.69, 9.17) is 4.74 Å². The fraction of sp³-hybridized carbons (Fsp3) is 0.500. The highest BCUT2D eigenvalue weighted by Crippen LogP contribution is 2.19. The normalized spacial score (nSPS) is 11.6. The molecule has 0 bridgehead atoms. The van der Waals surface area contributed by atoms with Gasteiger partial charge in [-0.3, -0.25) is 0 Å². The van der Waals surface area contributed by atoms with Gasteiger partial charge >= 0.3 is 6.18 Å². The highest BCUT2D eigenvalue weighted by molar-refractivity contribution is 5.46. The summed E-state index contributed by atoms with van der Waals surface area (Å²) in [6.45, 7) is 3.62. The summed E-state index contributed by atoms with van der Waals surface area (Å²) in [5, 5.41) is 2.30. The van der Waals surface area contributed by atoms with Crippen molar-refractivity contribution < 1.29 is 17.9 Å². The topological polar surface area (TPSA) is 21.3 Å². The van der Waals surface area contributed by atoms with Crippen molar-refractivity contribution in [1.82, 2.24) is 0 Å². The molecule has 2 nitrogen and oxygen atoms in total. The molecule has 1 aromatic rings. The van der Waals surface area contributed by atoms with Gasteiger partial charge in [-0.2, -0.15) is 13.2 Å². The summed E-state index contributed by atoms with van der Waals surface area (Å²) in [7, 11) is 0. The SMILES string of the molecule is CC(C)COc1ccc(NCC(F)(F)F)cc1. The fourth-order valence-corrected chi connectivity index (χ4v) is 1.13. The second-order valence-electron chi connectivity index (χ2n) is 4.20. The van der Waals surface area contributed by atoms with Crippen LogP contribution in [-0.4, -0.2) is 19.3 Å². The van der Waals surface area contributed by atoms with Crippen molar-refractivity contribution in [1.29, 1.82) is 0 Å². The third-order valence-electron chi connectivity index (χ3n) is 1.93. The van der Waals surface area contributed by atoms with Crippen LogP contribution >= 0.6 is 0 Å². The molecule has 0 amide bonds. The molecule has 1 rings (SSSR count). The summed E-state index contributed by atoms with van der Waals surface area (Å²) in [5.41, 5.74) is 0.430. The second-order valence-corrected chi connectivity index (χ2v) is 4.20. The van der Waals surface area contributed by atoms with Crippen molar-refractivity contribution in [2.45, 2.75) is 20.0 Å². The molecule has 1 N–H and O–H groups in total. The van der Waals surface area contributed by atoms with Crippen LogP contribution in [0.3, 0.4) is 0 Å². The molecule has 0 aliphatic carbocycles. The minimum atomic E-state index is -4.20. The maximum absolute atomic E-state index is 11.9. The van der Waals surface area contributed by atoms with E-state index in [1.165, 1.54) is 0 Å². The maximum Gasteiger partial charge on any atom is 0.405 e. The molecule has 5 heteroatoms. The van der Waals surface area contributed by atoms with Crippen LogP contribution in [0.25, 0.3) is 0 Å². The lowest BCUT2D eigenvalue weighted by Gasteiger charge is -2.11. The second kappa shape index (κ2) is 5.80. The number of ether oxygens (including phenoxy) is 1. The first kappa shape index (κ1) is 13.7. The Morgan fingerprint density at radius 2 is 1.76 bits per heavy atom. The molecule has 0 radical (unpaired) electrons. The van der Waals surface area contributed by atoms with Gasteiger partial charge in [-0.25, -0.2) is 0 Å². The van der Waals surface area contributed by atoms with Crippen LogP contribution in [0.2, 0.25) is 0 Å². The van der Waals surface area contributed by atoms with Crippen molar-refractivity contribution in [3.05, 3.63) is 24.3 Å². The zero-order chi connectivity index (χ0) is 12.9. The average molecular weight is 247 g/mol. The molecule has 0 aliphatic rings. The maximum atomic E-state index is 11.9. The third kappa shape index (κ3) is 6.04. The fourth-order valence-electron chi connectivity index (χ4n) is 1.13. The summed E-state index contributed by atoms with van der Waals surface area (Å²) >= 11 is 0. The first-order valence-electron chi connectivity index (χ1n) is 5.40. The molecular formula is C12H16F3NO. The summed E-state index contributed by atoms with van der Waals surface area (Å²) in [6.07, 6.45) is -4.20. The van der Waals surface area contributed by atoms with Gasteiger partial charge in [0.1, 0.15) is 12.3 Å². The monoisotopic (exact) mass is 247 g/mol. The van der Waals surface area contributed by atoms with Gasteiger partial charge in [0.2, 0.25) is 0 Å². The zero-order valence-electron chi connectivity index (χ0n) is 9.84. The molecule has 0 saturated heterocycles. The zero-order valence-corrected chi connectivity index (χ0v) is 9.84. The van der Waals surface area contributed by atoms with Crippen molar-refractivity contribution in [2.75, 3.05) is 18.5 Å². The van der Waals surface area contributed by atoms with E-state index in [0.29, 0.717) is 24.0 Å². The van der Waals surface area contributed by atoms with Crippen LogP contribution in [0, 0.1) is 5.92 Å². The van der Waals surface area contributed by atoms with Crippen LogP contribution in [0.4, 0.5) is 18.9 Å². The van der Waals surface area contributed by atoms with E-state index in [-0.39, 0.29) is 0 Å². The molecule has 0 saturated carbocycles. The van der Waals surface area contributed by atoms with Crippen LogP contribution < -0.4 is 10.1 Å². The van der Waals surface area contributed by atoms with Gasteiger partial charge in [0, 0.05) is 5.69 Å². The molecular weight excluding hydrogens is 231 g/mol. The lowest BCUT2D eigenvalue weighted by atomic mass is 10.2. The van der Waals surface area contributed by atoms with Gasteiger partial charge in [0.05, 0.1) is 6.61 Å². The number of anilines is 1. The minimum Gasteiger partial charge on any atom is -0.493 e. The van der Waals surface area contributed by atoms with Gasteiger partial charge in [-0.1, -0.05) is 13.8 Å². The summed E-state index contributed by atoms with van der Waals surface area (Å²) in [6, 6.07) is 6.45. The molecule has 0 aromatic heterocycles. The highest BCUT2D eigenvalue weighted by atomic mass is 19.4. The quantitative estimate of drug-likeness (QED) is 0.856. The molecule has 17 heavy (non-hydrogen) atoms. The van der Waals surface area contributed by atoms with Gasteiger partial charge in [0.15, 0.2) is 0 Å². The van der Waals surface area contributed by atoms with Gasteiger partial charge in [-0.15, -0.1) is 0 Å². The summed E-state index contributed by atoms with van der Waals surface area (Å²) in [4.78, 5) is 0. The van der Waals surface area contributed by atoms with E-state index in [9.17, 15) is 13.2 Å². The smallest absolute Gasteiger partial charge is 0.405 e. The molecule has 0 aliphatic heterocycles. The van der Waals surface area contributed by atoms with E-state index < -0.39 is 12.7 Å². The van der Waals surface area contributed by atoms with Crippen LogP contribution in [0.1, 0.15) is 13.8 Å². The van der Waals surface area contributed by atoms with Crippen LogP contribution in [0.5, 0.6) is 5.75 Å². The molecule has 0 fully saturated rings. The number of halogens is 3. The van der Waals surface area contributed by atoms with E-state index in [0.717, 1.165) is 0 Å². The number of hydrogen-bond acceptors (Lipinski definition) is 2. The van der Waals surface area contributed by atoms with Crippen molar-refractivity contribution in [2.24, 2.45) is 5.92 Å². The Bertz CT molecular complexity index is 333. The minimum absolute atomic E-state index is 0.415. The van der Waals surface area contributed by atoms with Gasteiger partial charge < -0.3 is 10.1 Å². The molecule has 0 heterocycles. The average Bonchev–Trinajstić information content (AvgIpc) is 2.24. The first-order valence-corrected chi connectivity index (χ1v) is 5.40. The van der Waals surface area contributed by atoms with Crippen molar-refractivity contribution >= 4 is 5.69 Å². The van der Waals surface area contributed by atoms with E-state index in [1.54, 1.807) is 24.3 Å². The first-order chi connectivity index (χ1) is 7.87. The number of nitrogens with one attached hydrogen (secondary N) is 1. The summed E-state index contributed by atoms with van der Waals surface area (Å²) < 4.78 is 41.2. The predicted molar refractivity (Wildman–Crippen MR) is 61.3 cm³/mol. The van der Waals surface area contributed by atoms with Crippen LogP contribution in [-0.2, 0) is 0 Å².